The first-order valence-corrected chi connectivity index (χ1v) is 6.44. The molecule has 19 heavy (non-hydrogen) atoms. The van der Waals surface area contributed by atoms with Crippen molar-refractivity contribution in [1.82, 2.24) is 5.32 Å². The Balaban J connectivity index is 3.64. The monoisotopic (exact) mass is 275 g/mol. The van der Waals surface area contributed by atoms with Crippen LogP contribution in [0.5, 0.6) is 0 Å². The number of esters is 1. The smallest absolute Gasteiger partial charge is 0.330 e. The molecule has 6 heteroatoms. The molecule has 0 radical (unpaired) electrons. The van der Waals surface area contributed by atoms with E-state index in [1.54, 1.807) is 13.8 Å². The molecule has 0 aliphatic carbocycles. The SMILES string of the molecule is C=CC(=O)OCCOC(C)OC(C)OC(C)NCC. The van der Waals surface area contributed by atoms with Crippen molar-refractivity contribution in [2.24, 2.45) is 0 Å². The van der Waals surface area contributed by atoms with Gasteiger partial charge in [-0.1, -0.05) is 13.5 Å². The number of hydrogen-bond acceptors (Lipinski definition) is 6. The van der Waals surface area contributed by atoms with Crippen molar-refractivity contribution in [3.8, 4) is 0 Å². The molecule has 3 atom stereocenters. The lowest BCUT2D eigenvalue weighted by molar-refractivity contribution is -0.247. The zero-order valence-electron chi connectivity index (χ0n) is 12.2. The van der Waals surface area contributed by atoms with Gasteiger partial charge in [0.15, 0.2) is 12.6 Å². The molecule has 0 fully saturated rings. The number of carbonyl (C=O) groups is 1. The van der Waals surface area contributed by atoms with Gasteiger partial charge in [0.1, 0.15) is 12.8 Å². The molecule has 0 aromatic rings. The third kappa shape index (κ3) is 10.6. The van der Waals surface area contributed by atoms with Crippen LogP contribution >= 0.6 is 0 Å². The molecule has 112 valence electrons. The van der Waals surface area contributed by atoms with Crippen molar-refractivity contribution in [2.45, 2.75) is 46.5 Å². The van der Waals surface area contributed by atoms with Crippen LogP contribution in [-0.4, -0.2) is 44.5 Å². The maximum absolute atomic E-state index is 10.8. The summed E-state index contributed by atoms with van der Waals surface area (Å²) in [7, 11) is 0. The van der Waals surface area contributed by atoms with E-state index in [1.165, 1.54) is 0 Å². The zero-order valence-corrected chi connectivity index (χ0v) is 12.2. The molecule has 0 aliphatic rings. The molecule has 3 unspecified atom stereocenters. The van der Waals surface area contributed by atoms with Gasteiger partial charge >= 0.3 is 5.97 Å². The molecular formula is C13H25NO5. The highest BCUT2D eigenvalue weighted by atomic mass is 16.8. The fraction of sp³-hybridized carbons (Fsp3) is 0.769. The average Bonchev–Trinajstić information content (AvgIpc) is 2.34. The topological polar surface area (TPSA) is 66.0 Å². The van der Waals surface area contributed by atoms with Gasteiger partial charge < -0.3 is 18.9 Å². The van der Waals surface area contributed by atoms with Gasteiger partial charge in [0.25, 0.3) is 0 Å². The minimum Gasteiger partial charge on any atom is -0.460 e. The number of ether oxygens (including phenoxy) is 4. The van der Waals surface area contributed by atoms with Gasteiger partial charge in [-0.2, -0.15) is 0 Å². The van der Waals surface area contributed by atoms with E-state index >= 15 is 0 Å². The molecule has 0 aromatic carbocycles. The first-order chi connectivity index (χ1) is 8.99. The Labute approximate surface area is 115 Å². The van der Waals surface area contributed by atoms with E-state index in [0.717, 1.165) is 12.6 Å². The number of hydrogen-bond donors (Lipinski definition) is 1. The van der Waals surface area contributed by atoms with Crippen molar-refractivity contribution in [2.75, 3.05) is 19.8 Å². The lowest BCUT2D eigenvalue weighted by Crippen LogP contribution is -2.34. The van der Waals surface area contributed by atoms with Crippen molar-refractivity contribution >= 4 is 5.97 Å². The second-order valence-electron chi connectivity index (χ2n) is 3.85. The van der Waals surface area contributed by atoms with Crippen molar-refractivity contribution < 1.29 is 23.7 Å². The number of carbonyl (C=O) groups excluding carboxylic acids is 1. The van der Waals surface area contributed by atoms with Crippen LogP contribution in [0.4, 0.5) is 0 Å². The molecule has 0 bridgehead atoms. The zero-order chi connectivity index (χ0) is 14.7. The van der Waals surface area contributed by atoms with Gasteiger partial charge in [0.05, 0.1) is 6.61 Å². The molecule has 0 rings (SSSR count). The van der Waals surface area contributed by atoms with E-state index in [2.05, 4.69) is 11.9 Å². The standard InChI is InChI=1S/C13H25NO5/c1-6-13(15)17-9-8-16-11(4)19-12(5)18-10(3)14-7-2/h6,10-12,14H,1,7-9H2,2-5H3. The van der Waals surface area contributed by atoms with Crippen LogP contribution in [0, 0.1) is 0 Å². The number of nitrogens with one attached hydrogen (secondary N) is 1. The summed E-state index contributed by atoms with van der Waals surface area (Å²) >= 11 is 0. The molecule has 0 amide bonds. The van der Waals surface area contributed by atoms with E-state index in [1.807, 2.05) is 13.8 Å². The molecular weight excluding hydrogens is 250 g/mol. The van der Waals surface area contributed by atoms with Crippen LogP contribution < -0.4 is 5.32 Å². The summed E-state index contributed by atoms with van der Waals surface area (Å²) in [5.74, 6) is -0.465. The van der Waals surface area contributed by atoms with Gasteiger partial charge in [-0.15, -0.1) is 0 Å². The van der Waals surface area contributed by atoms with Crippen LogP contribution in [-0.2, 0) is 23.7 Å². The van der Waals surface area contributed by atoms with Gasteiger partial charge in [-0.3, -0.25) is 5.32 Å². The summed E-state index contributed by atoms with van der Waals surface area (Å²) in [6.45, 7) is 12.0. The Bertz CT molecular complexity index is 259. The summed E-state index contributed by atoms with van der Waals surface area (Å²) in [4.78, 5) is 10.8. The largest absolute Gasteiger partial charge is 0.460 e. The predicted octanol–water partition coefficient (Wildman–Crippen LogP) is 1.41. The van der Waals surface area contributed by atoms with Gasteiger partial charge in [-0.25, -0.2) is 4.79 Å². The van der Waals surface area contributed by atoms with Crippen LogP contribution in [0.1, 0.15) is 27.7 Å². The molecule has 0 aromatic heterocycles. The summed E-state index contributed by atoms with van der Waals surface area (Å²) in [5, 5.41) is 3.11. The lowest BCUT2D eigenvalue weighted by atomic mass is 10.6. The van der Waals surface area contributed by atoms with Gasteiger partial charge in [-0.05, 0) is 27.3 Å². The Kier molecular flexibility index (Phi) is 10.4. The van der Waals surface area contributed by atoms with Gasteiger partial charge in [0.2, 0.25) is 0 Å². The van der Waals surface area contributed by atoms with Crippen LogP contribution in [0.25, 0.3) is 0 Å². The molecule has 0 aliphatic heterocycles. The van der Waals surface area contributed by atoms with E-state index in [4.69, 9.17) is 18.9 Å². The minimum absolute atomic E-state index is 0.0826. The first kappa shape index (κ1) is 18.0. The van der Waals surface area contributed by atoms with E-state index in [9.17, 15) is 4.79 Å². The third-order valence-electron chi connectivity index (χ3n) is 2.12. The quantitative estimate of drug-likeness (QED) is 0.266. The van der Waals surface area contributed by atoms with Crippen LogP contribution in [0.15, 0.2) is 12.7 Å². The normalized spacial score (nSPS) is 15.6. The van der Waals surface area contributed by atoms with Crippen molar-refractivity contribution in [1.29, 1.82) is 0 Å². The van der Waals surface area contributed by atoms with E-state index in [-0.39, 0.29) is 25.7 Å². The second kappa shape index (κ2) is 10.9. The summed E-state index contributed by atoms with van der Waals surface area (Å²) in [5.41, 5.74) is 0. The first-order valence-electron chi connectivity index (χ1n) is 6.44. The maximum Gasteiger partial charge on any atom is 0.330 e. The van der Waals surface area contributed by atoms with Crippen LogP contribution in [0.3, 0.4) is 0 Å². The Hall–Kier alpha value is -0.950. The average molecular weight is 275 g/mol. The molecule has 0 spiro atoms. The van der Waals surface area contributed by atoms with Crippen LogP contribution in [0.2, 0.25) is 0 Å². The fourth-order valence-electron chi connectivity index (χ4n) is 1.38. The predicted molar refractivity (Wildman–Crippen MR) is 71.3 cm³/mol. The molecule has 1 N–H and O–H groups in total. The highest BCUT2D eigenvalue weighted by molar-refractivity contribution is 5.81. The Morgan fingerprint density at radius 3 is 2.47 bits per heavy atom. The summed E-state index contributed by atoms with van der Waals surface area (Å²) in [6, 6.07) is 0. The third-order valence-corrected chi connectivity index (χ3v) is 2.12. The summed E-state index contributed by atoms with van der Waals surface area (Å²) in [6.07, 6.45) is 0.199. The summed E-state index contributed by atoms with van der Waals surface area (Å²) < 4.78 is 21.0. The van der Waals surface area contributed by atoms with Gasteiger partial charge in [0, 0.05) is 6.08 Å². The Morgan fingerprint density at radius 2 is 1.89 bits per heavy atom. The molecule has 6 nitrogen and oxygen atoms in total. The molecule has 0 saturated heterocycles. The fourth-order valence-corrected chi connectivity index (χ4v) is 1.38. The maximum atomic E-state index is 10.8. The van der Waals surface area contributed by atoms with E-state index in [0.29, 0.717) is 0 Å². The van der Waals surface area contributed by atoms with Crippen molar-refractivity contribution in [3.63, 3.8) is 0 Å². The molecule has 0 heterocycles. The minimum atomic E-state index is -0.465. The Morgan fingerprint density at radius 1 is 1.21 bits per heavy atom. The lowest BCUT2D eigenvalue weighted by Gasteiger charge is -2.23. The second-order valence-corrected chi connectivity index (χ2v) is 3.85. The highest BCUT2D eigenvalue weighted by Crippen LogP contribution is 2.03. The van der Waals surface area contributed by atoms with E-state index < -0.39 is 12.3 Å². The molecule has 0 saturated carbocycles. The number of rotatable bonds is 11. The highest BCUT2D eigenvalue weighted by Gasteiger charge is 2.12. The van der Waals surface area contributed by atoms with Crippen molar-refractivity contribution in [3.05, 3.63) is 12.7 Å².